The molecule has 96 valence electrons. The molecule has 4 heteroatoms. The third-order valence-corrected chi connectivity index (χ3v) is 2.44. The van der Waals surface area contributed by atoms with Gasteiger partial charge in [0, 0.05) is 18.2 Å². The van der Waals surface area contributed by atoms with Crippen LogP contribution < -0.4 is 15.2 Å². The summed E-state index contributed by atoms with van der Waals surface area (Å²) in [7, 11) is 3.25. The van der Waals surface area contributed by atoms with Gasteiger partial charge in [-0.05, 0) is 26.0 Å². The molecule has 2 N–H and O–H groups in total. The molecule has 0 heterocycles. The van der Waals surface area contributed by atoms with E-state index in [1.807, 2.05) is 32.0 Å². The van der Waals surface area contributed by atoms with E-state index in [0.717, 1.165) is 17.1 Å². The molecule has 0 aliphatic heterocycles. The monoisotopic (exact) mass is 239 g/mol. The second kappa shape index (κ2) is 6.47. The second-order valence-electron chi connectivity index (χ2n) is 4.02. The van der Waals surface area contributed by atoms with E-state index in [1.54, 1.807) is 14.2 Å². The molecule has 1 atom stereocenters. The van der Waals surface area contributed by atoms with Crippen LogP contribution in [0.4, 0.5) is 0 Å². The highest BCUT2D eigenvalue weighted by molar-refractivity contribution is 5.42. The Morgan fingerprint density at radius 2 is 1.88 bits per heavy atom. The Morgan fingerprint density at radius 1 is 1.18 bits per heavy atom. The normalized spacial score (nSPS) is 12.6. The standard InChI is InChI=1S/C13H21NO3/c1-9(2)17-13(8-14)11-6-5-10(15-3)7-12(11)16-4/h5-7,9,13H,8,14H2,1-4H3/t13-/m0/s1. The fourth-order valence-electron chi connectivity index (χ4n) is 1.67. The van der Waals surface area contributed by atoms with Gasteiger partial charge in [0.1, 0.15) is 11.5 Å². The Bertz CT molecular complexity index is 353. The molecule has 0 spiro atoms. The summed E-state index contributed by atoms with van der Waals surface area (Å²) in [5.74, 6) is 1.49. The highest BCUT2D eigenvalue weighted by Crippen LogP contribution is 2.31. The Labute approximate surface area is 103 Å². The average Bonchev–Trinajstić information content (AvgIpc) is 2.35. The van der Waals surface area contributed by atoms with Crippen LogP contribution >= 0.6 is 0 Å². The summed E-state index contributed by atoms with van der Waals surface area (Å²) < 4.78 is 16.2. The SMILES string of the molecule is COc1ccc([C@H](CN)OC(C)C)c(OC)c1. The van der Waals surface area contributed by atoms with Crippen LogP contribution in [-0.4, -0.2) is 26.9 Å². The van der Waals surface area contributed by atoms with Crippen LogP contribution in [0.25, 0.3) is 0 Å². The third-order valence-electron chi connectivity index (χ3n) is 2.44. The molecular weight excluding hydrogens is 218 g/mol. The summed E-state index contributed by atoms with van der Waals surface area (Å²) in [5.41, 5.74) is 6.68. The molecule has 0 unspecified atom stereocenters. The quantitative estimate of drug-likeness (QED) is 0.826. The Kier molecular flexibility index (Phi) is 5.25. The maximum Gasteiger partial charge on any atom is 0.128 e. The van der Waals surface area contributed by atoms with Gasteiger partial charge >= 0.3 is 0 Å². The highest BCUT2D eigenvalue weighted by atomic mass is 16.5. The van der Waals surface area contributed by atoms with Crippen LogP contribution in [0.1, 0.15) is 25.5 Å². The van der Waals surface area contributed by atoms with Gasteiger partial charge in [-0.2, -0.15) is 0 Å². The lowest BCUT2D eigenvalue weighted by atomic mass is 10.1. The van der Waals surface area contributed by atoms with Crippen molar-refractivity contribution in [1.29, 1.82) is 0 Å². The van der Waals surface area contributed by atoms with Crippen LogP contribution in [-0.2, 0) is 4.74 Å². The Morgan fingerprint density at radius 3 is 2.35 bits per heavy atom. The van der Waals surface area contributed by atoms with E-state index in [9.17, 15) is 0 Å². The zero-order valence-electron chi connectivity index (χ0n) is 10.9. The summed E-state index contributed by atoms with van der Waals surface area (Å²) in [6, 6.07) is 5.64. The van der Waals surface area contributed by atoms with E-state index in [0.29, 0.717) is 6.54 Å². The van der Waals surface area contributed by atoms with Gasteiger partial charge in [0.05, 0.1) is 26.4 Å². The van der Waals surface area contributed by atoms with Gasteiger partial charge in [0.25, 0.3) is 0 Å². The topological polar surface area (TPSA) is 53.7 Å². The van der Waals surface area contributed by atoms with Crippen molar-refractivity contribution >= 4 is 0 Å². The number of benzene rings is 1. The molecule has 0 radical (unpaired) electrons. The molecule has 4 nitrogen and oxygen atoms in total. The minimum Gasteiger partial charge on any atom is -0.497 e. The number of rotatable bonds is 6. The van der Waals surface area contributed by atoms with Crippen molar-refractivity contribution in [2.75, 3.05) is 20.8 Å². The van der Waals surface area contributed by atoms with Crippen molar-refractivity contribution in [2.24, 2.45) is 5.73 Å². The molecule has 0 amide bonds. The predicted molar refractivity (Wildman–Crippen MR) is 67.6 cm³/mol. The van der Waals surface area contributed by atoms with Gasteiger partial charge in [-0.15, -0.1) is 0 Å². The lowest BCUT2D eigenvalue weighted by Gasteiger charge is -2.21. The van der Waals surface area contributed by atoms with Gasteiger partial charge in [0.15, 0.2) is 0 Å². The first-order valence-corrected chi connectivity index (χ1v) is 5.69. The summed E-state index contributed by atoms with van der Waals surface area (Å²) in [6.07, 6.45) is -0.0359. The van der Waals surface area contributed by atoms with Gasteiger partial charge in [0.2, 0.25) is 0 Å². The zero-order valence-corrected chi connectivity index (χ0v) is 10.9. The van der Waals surface area contributed by atoms with Crippen molar-refractivity contribution in [1.82, 2.24) is 0 Å². The van der Waals surface area contributed by atoms with Crippen LogP contribution in [0.5, 0.6) is 11.5 Å². The fraction of sp³-hybridized carbons (Fsp3) is 0.538. The van der Waals surface area contributed by atoms with E-state index in [2.05, 4.69) is 0 Å². The Balaban J connectivity index is 3.01. The number of methoxy groups -OCH3 is 2. The van der Waals surface area contributed by atoms with Crippen molar-refractivity contribution in [3.63, 3.8) is 0 Å². The lowest BCUT2D eigenvalue weighted by molar-refractivity contribution is 0.0107. The minimum atomic E-state index is -0.157. The van der Waals surface area contributed by atoms with Crippen molar-refractivity contribution < 1.29 is 14.2 Å². The van der Waals surface area contributed by atoms with Crippen molar-refractivity contribution in [3.8, 4) is 11.5 Å². The first-order valence-electron chi connectivity index (χ1n) is 5.69. The van der Waals surface area contributed by atoms with Gasteiger partial charge in [-0.3, -0.25) is 0 Å². The summed E-state index contributed by atoms with van der Waals surface area (Å²) in [6.45, 7) is 4.39. The van der Waals surface area contributed by atoms with Crippen molar-refractivity contribution in [2.45, 2.75) is 26.1 Å². The van der Waals surface area contributed by atoms with Crippen LogP contribution in [0, 0.1) is 0 Å². The summed E-state index contributed by atoms with van der Waals surface area (Å²) in [5, 5.41) is 0. The summed E-state index contributed by atoms with van der Waals surface area (Å²) >= 11 is 0. The second-order valence-corrected chi connectivity index (χ2v) is 4.02. The average molecular weight is 239 g/mol. The van der Waals surface area contributed by atoms with E-state index in [4.69, 9.17) is 19.9 Å². The first kappa shape index (κ1) is 13.8. The Hall–Kier alpha value is -1.26. The number of nitrogens with two attached hydrogens (primary N) is 1. The number of hydrogen-bond donors (Lipinski definition) is 1. The van der Waals surface area contributed by atoms with E-state index in [1.165, 1.54) is 0 Å². The molecule has 0 aliphatic carbocycles. The molecular formula is C13H21NO3. The smallest absolute Gasteiger partial charge is 0.128 e. The number of hydrogen-bond acceptors (Lipinski definition) is 4. The van der Waals surface area contributed by atoms with E-state index >= 15 is 0 Å². The van der Waals surface area contributed by atoms with Gasteiger partial charge < -0.3 is 19.9 Å². The van der Waals surface area contributed by atoms with E-state index < -0.39 is 0 Å². The van der Waals surface area contributed by atoms with E-state index in [-0.39, 0.29) is 12.2 Å². The zero-order chi connectivity index (χ0) is 12.8. The molecule has 1 aromatic rings. The molecule has 1 rings (SSSR count). The van der Waals surface area contributed by atoms with Gasteiger partial charge in [-0.25, -0.2) is 0 Å². The maximum atomic E-state index is 5.76. The first-order chi connectivity index (χ1) is 8.12. The molecule has 0 aliphatic rings. The maximum absolute atomic E-state index is 5.76. The van der Waals surface area contributed by atoms with Crippen LogP contribution in [0.2, 0.25) is 0 Å². The predicted octanol–water partition coefficient (Wildman–Crippen LogP) is 2.13. The molecule has 0 saturated heterocycles. The van der Waals surface area contributed by atoms with Crippen LogP contribution in [0.3, 0.4) is 0 Å². The fourth-order valence-corrected chi connectivity index (χ4v) is 1.67. The molecule has 0 bridgehead atoms. The minimum absolute atomic E-state index is 0.121. The van der Waals surface area contributed by atoms with Gasteiger partial charge in [-0.1, -0.05) is 0 Å². The highest BCUT2D eigenvalue weighted by Gasteiger charge is 2.17. The number of ether oxygens (including phenoxy) is 3. The lowest BCUT2D eigenvalue weighted by Crippen LogP contribution is -2.20. The van der Waals surface area contributed by atoms with Crippen LogP contribution in [0.15, 0.2) is 18.2 Å². The molecule has 17 heavy (non-hydrogen) atoms. The largest absolute Gasteiger partial charge is 0.497 e. The summed E-state index contributed by atoms with van der Waals surface area (Å²) in [4.78, 5) is 0. The molecule has 0 aromatic heterocycles. The third kappa shape index (κ3) is 3.61. The molecule has 0 saturated carbocycles. The van der Waals surface area contributed by atoms with Crippen molar-refractivity contribution in [3.05, 3.63) is 23.8 Å². The molecule has 1 aromatic carbocycles. The molecule has 0 fully saturated rings.